The lowest BCUT2D eigenvalue weighted by Crippen LogP contribution is -2.23. The van der Waals surface area contributed by atoms with E-state index in [9.17, 15) is 5.11 Å². The minimum atomic E-state index is -0.101. The molecule has 2 heterocycles. The molecular weight excluding hydrogens is 428 g/mol. The first-order valence-electron chi connectivity index (χ1n) is 11.5. The van der Waals surface area contributed by atoms with E-state index in [1.165, 1.54) is 0 Å². The van der Waals surface area contributed by atoms with Crippen molar-refractivity contribution in [1.82, 2.24) is 25.3 Å². The van der Waals surface area contributed by atoms with Crippen LogP contribution >= 0.6 is 0 Å². The second kappa shape index (κ2) is 10.6. The van der Waals surface area contributed by atoms with Crippen molar-refractivity contribution in [2.75, 3.05) is 38.7 Å². The van der Waals surface area contributed by atoms with E-state index in [1.807, 2.05) is 80.0 Å². The fraction of sp³-hybridized carbons (Fsp3) is 0.346. The van der Waals surface area contributed by atoms with Crippen LogP contribution in [0.4, 0.5) is 5.82 Å². The number of rotatable bonds is 10. The Bertz CT molecular complexity index is 1240. The average molecular weight is 461 g/mol. The number of anilines is 1. The molecule has 1 unspecified atom stereocenters. The van der Waals surface area contributed by atoms with Crippen LogP contribution in [0.1, 0.15) is 29.5 Å². The van der Waals surface area contributed by atoms with Crippen LogP contribution < -0.4 is 15.0 Å². The van der Waals surface area contributed by atoms with Crippen LogP contribution in [0.25, 0.3) is 16.6 Å². The molecule has 2 aromatic carbocycles. The molecule has 8 heteroatoms. The maximum Gasteiger partial charge on any atom is 0.179 e. The Morgan fingerprint density at radius 2 is 1.79 bits per heavy atom. The Morgan fingerprint density at radius 3 is 2.53 bits per heavy atom. The summed E-state index contributed by atoms with van der Waals surface area (Å²) in [5.41, 5.74) is 4.52. The van der Waals surface area contributed by atoms with Crippen molar-refractivity contribution in [2.45, 2.75) is 26.4 Å². The topological polar surface area (TPSA) is 88.3 Å². The molecule has 0 fully saturated rings. The van der Waals surface area contributed by atoms with Crippen LogP contribution in [-0.4, -0.2) is 58.9 Å². The zero-order valence-electron chi connectivity index (χ0n) is 20.2. The smallest absolute Gasteiger partial charge is 0.179 e. The predicted octanol–water partition coefficient (Wildman–Crippen LogP) is 3.59. The van der Waals surface area contributed by atoms with Gasteiger partial charge in [0.05, 0.1) is 23.4 Å². The summed E-state index contributed by atoms with van der Waals surface area (Å²) in [5, 5.41) is 27.3. The van der Waals surface area contributed by atoms with Gasteiger partial charge in [-0.05, 0) is 45.1 Å². The van der Waals surface area contributed by atoms with Gasteiger partial charge < -0.3 is 20.1 Å². The molecule has 0 aliphatic carbocycles. The second-order valence-electron chi connectivity index (χ2n) is 8.35. The number of aliphatic hydroxyl groups excluding tert-OH is 1. The lowest BCUT2D eigenvalue weighted by molar-refractivity contribution is 0.194. The lowest BCUT2D eigenvalue weighted by atomic mass is 10.1. The van der Waals surface area contributed by atoms with Gasteiger partial charge in [-0.3, -0.25) is 0 Å². The Kier molecular flexibility index (Phi) is 7.40. The highest BCUT2D eigenvalue weighted by Crippen LogP contribution is 2.34. The Hall–Kier alpha value is -3.49. The summed E-state index contributed by atoms with van der Waals surface area (Å²) >= 11 is 0. The van der Waals surface area contributed by atoms with Crippen LogP contribution in [0.2, 0.25) is 0 Å². The number of benzene rings is 2. The maximum absolute atomic E-state index is 9.40. The number of para-hydroxylation sites is 2. The number of likely N-dealkylation sites (N-methyl/N-ethyl adjacent to an activating group) is 1. The van der Waals surface area contributed by atoms with Crippen LogP contribution in [0.15, 0.2) is 54.6 Å². The van der Waals surface area contributed by atoms with Crippen LogP contribution in [0.5, 0.6) is 5.75 Å². The molecule has 4 rings (SSSR count). The summed E-state index contributed by atoms with van der Waals surface area (Å²) in [6.45, 7) is 5.28. The van der Waals surface area contributed by atoms with E-state index in [2.05, 4.69) is 27.6 Å². The maximum atomic E-state index is 9.40. The van der Waals surface area contributed by atoms with Gasteiger partial charge in [0.25, 0.3) is 0 Å². The first kappa shape index (κ1) is 23.7. The molecule has 8 nitrogen and oxygen atoms in total. The summed E-state index contributed by atoms with van der Waals surface area (Å²) in [5.74, 6) is 1.40. The van der Waals surface area contributed by atoms with Crippen LogP contribution in [-0.2, 0) is 0 Å². The average Bonchev–Trinajstić information content (AvgIpc) is 3.20. The molecule has 0 radical (unpaired) electrons. The molecule has 34 heavy (non-hydrogen) atoms. The molecule has 0 bridgehead atoms. The van der Waals surface area contributed by atoms with Crippen molar-refractivity contribution in [3.8, 4) is 11.4 Å². The zero-order valence-corrected chi connectivity index (χ0v) is 20.2. The third kappa shape index (κ3) is 4.73. The summed E-state index contributed by atoms with van der Waals surface area (Å²) in [6, 6.07) is 18.2. The fourth-order valence-corrected chi connectivity index (χ4v) is 4.18. The van der Waals surface area contributed by atoms with Crippen molar-refractivity contribution in [1.29, 1.82) is 0 Å². The molecule has 0 spiro atoms. The number of aromatic nitrogens is 4. The van der Waals surface area contributed by atoms with Gasteiger partial charge in [-0.25, -0.2) is 4.68 Å². The van der Waals surface area contributed by atoms with Gasteiger partial charge in [-0.1, -0.05) is 42.5 Å². The molecular formula is C26H32N6O2. The highest BCUT2D eigenvalue weighted by molar-refractivity contribution is 5.92. The van der Waals surface area contributed by atoms with E-state index in [-0.39, 0.29) is 12.7 Å². The number of nitrogens with zero attached hydrogens (tertiary/aromatic N) is 5. The van der Waals surface area contributed by atoms with E-state index >= 15 is 0 Å². The zero-order chi connectivity index (χ0) is 24.1. The van der Waals surface area contributed by atoms with Gasteiger partial charge in [-0.15, -0.1) is 5.10 Å². The standard InChI is InChI=1S/C26H32N6O2/c1-18-24-19(2)32(30-25(24)26(29-28-18)31(4)16-17-33)21-12-8-9-13-23(21)34-22(14-15-27-3)20-10-6-5-7-11-20/h5-13,22,27,33H,14-17H2,1-4H3. The minimum absolute atomic E-state index is 0.0252. The van der Waals surface area contributed by atoms with Crippen molar-refractivity contribution in [2.24, 2.45) is 0 Å². The summed E-state index contributed by atoms with van der Waals surface area (Å²) in [6.07, 6.45) is 0.731. The van der Waals surface area contributed by atoms with Gasteiger partial charge in [0.15, 0.2) is 5.82 Å². The highest BCUT2D eigenvalue weighted by atomic mass is 16.5. The van der Waals surface area contributed by atoms with Crippen molar-refractivity contribution in [3.05, 3.63) is 71.5 Å². The molecule has 0 amide bonds. The Morgan fingerprint density at radius 1 is 1.06 bits per heavy atom. The Balaban J connectivity index is 1.79. The predicted molar refractivity (Wildman–Crippen MR) is 135 cm³/mol. The van der Waals surface area contributed by atoms with Gasteiger partial charge in [0, 0.05) is 20.0 Å². The number of ether oxygens (including phenoxy) is 1. The highest BCUT2D eigenvalue weighted by Gasteiger charge is 2.22. The molecule has 178 valence electrons. The summed E-state index contributed by atoms with van der Waals surface area (Å²) in [4.78, 5) is 1.87. The van der Waals surface area contributed by atoms with E-state index < -0.39 is 0 Å². The molecule has 2 aromatic heterocycles. The number of fused-ring (bicyclic) bond motifs is 1. The van der Waals surface area contributed by atoms with Gasteiger partial charge in [0.1, 0.15) is 23.1 Å². The SMILES string of the molecule is CNCCC(Oc1ccccc1-n1nc2c(N(C)CCO)nnc(C)c2c1C)c1ccccc1. The molecule has 0 aliphatic heterocycles. The monoisotopic (exact) mass is 460 g/mol. The summed E-state index contributed by atoms with van der Waals surface area (Å²) in [7, 11) is 3.83. The van der Waals surface area contributed by atoms with E-state index in [1.54, 1.807) is 0 Å². The molecule has 0 saturated heterocycles. The quantitative estimate of drug-likeness (QED) is 0.374. The molecule has 2 N–H and O–H groups in total. The molecule has 0 saturated carbocycles. The first-order valence-corrected chi connectivity index (χ1v) is 11.5. The van der Waals surface area contributed by atoms with Gasteiger partial charge in [-0.2, -0.15) is 10.2 Å². The van der Waals surface area contributed by atoms with Gasteiger partial charge >= 0.3 is 0 Å². The molecule has 4 aromatic rings. The van der Waals surface area contributed by atoms with Crippen molar-refractivity contribution < 1.29 is 9.84 Å². The first-order chi connectivity index (χ1) is 16.5. The van der Waals surface area contributed by atoms with Crippen LogP contribution in [0.3, 0.4) is 0 Å². The van der Waals surface area contributed by atoms with E-state index in [0.29, 0.717) is 12.4 Å². The lowest BCUT2D eigenvalue weighted by Gasteiger charge is -2.22. The Labute approximate surface area is 200 Å². The number of hydrogen-bond acceptors (Lipinski definition) is 7. The third-order valence-corrected chi connectivity index (χ3v) is 5.97. The normalized spacial score (nSPS) is 12.1. The fourth-order valence-electron chi connectivity index (χ4n) is 4.18. The second-order valence-corrected chi connectivity index (χ2v) is 8.35. The van der Waals surface area contributed by atoms with E-state index in [0.717, 1.165) is 52.3 Å². The number of hydrogen-bond donors (Lipinski definition) is 2. The van der Waals surface area contributed by atoms with Crippen molar-refractivity contribution >= 4 is 16.7 Å². The number of aryl methyl sites for hydroxylation is 2. The van der Waals surface area contributed by atoms with Crippen LogP contribution in [0, 0.1) is 13.8 Å². The van der Waals surface area contributed by atoms with E-state index in [4.69, 9.17) is 9.84 Å². The molecule has 1 atom stereocenters. The number of nitrogens with one attached hydrogen (secondary N) is 1. The summed E-state index contributed by atoms with van der Waals surface area (Å²) < 4.78 is 8.52. The number of aliphatic hydroxyl groups is 1. The largest absolute Gasteiger partial charge is 0.483 e. The molecule has 0 aliphatic rings. The minimum Gasteiger partial charge on any atom is -0.483 e. The third-order valence-electron chi connectivity index (χ3n) is 5.97. The van der Waals surface area contributed by atoms with Crippen molar-refractivity contribution in [3.63, 3.8) is 0 Å². The van der Waals surface area contributed by atoms with Gasteiger partial charge in [0.2, 0.25) is 0 Å².